The number of halogens is 1. The normalized spacial score (nSPS) is 11.4. The second-order valence-corrected chi connectivity index (χ2v) is 6.32. The molecule has 4 nitrogen and oxygen atoms in total. The molecule has 2 rings (SSSR count). The number of rotatable bonds is 5. The molecule has 0 unspecified atom stereocenters. The first-order valence-electron chi connectivity index (χ1n) is 6.48. The van der Waals surface area contributed by atoms with Gasteiger partial charge in [0.1, 0.15) is 10.7 Å². The Bertz CT molecular complexity index is 745. The van der Waals surface area contributed by atoms with E-state index in [1.165, 1.54) is 18.2 Å². The average Bonchev–Trinajstić information content (AvgIpc) is 2.41. The maximum absolute atomic E-state index is 13.0. The quantitative estimate of drug-likeness (QED) is 0.891. The summed E-state index contributed by atoms with van der Waals surface area (Å²) >= 11 is 0. The number of nitrogens with two attached hydrogens (primary N) is 1. The topological polar surface area (TPSA) is 72.2 Å². The lowest BCUT2D eigenvalue weighted by Gasteiger charge is -2.11. The van der Waals surface area contributed by atoms with Crippen LogP contribution in [-0.4, -0.2) is 15.0 Å². The lowest BCUT2D eigenvalue weighted by atomic mass is 10.1. The van der Waals surface area contributed by atoms with E-state index in [4.69, 9.17) is 5.14 Å². The molecule has 0 aliphatic heterocycles. The zero-order valence-corrected chi connectivity index (χ0v) is 12.5. The van der Waals surface area contributed by atoms with Gasteiger partial charge in [-0.15, -0.1) is 0 Å². The van der Waals surface area contributed by atoms with E-state index in [2.05, 4.69) is 5.32 Å². The summed E-state index contributed by atoms with van der Waals surface area (Å²) in [6.07, 6.45) is 0.658. The van der Waals surface area contributed by atoms with Gasteiger partial charge in [-0.05, 0) is 48.7 Å². The molecule has 0 atom stereocenters. The summed E-state index contributed by atoms with van der Waals surface area (Å²) in [6, 6.07) is 11.1. The minimum Gasteiger partial charge on any atom is -0.384 e. The van der Waals surface area contributed by atoms with E-state index in [0.29, 0.717) is 18.7 Å². The molecule has 6 heteroatoms. The van der Waals surface area contributed by atoms with Crippen LogP contribution in [-0.2, 0) is 16.4 Å². The number of benzene rings is 2. The fourth-order valence-corrected chi connectivity index (χ4v) is 2.85. The third-order valence-corrected chi connectivity index (χ3v) is 4.18. The van der Waals surface area contributed by atoms with Crippen molar-refractivity contribution >= 4 is 15.7 Å². The molecule has 0 saturated heterocycles. The Balaban J connectivity index is 2.08. The van der Waals surface area contributed by atoms with Gasteiger partial charge >= 0.3 is 0 Å². The van der Waals surface area contributed by atoms with Crippen LogP contribution in [0.4, 0.5) is 10.1 Å². The van der Waals surface area contributed by atoms with Gasteiger partial charge in [0.2, 0.25) is 10.0 Å². The number of aryl methyl sites for hydroxylation is 1. The molecule has 21 heavy (non-hydrogen) atoms. The van der Waals surface area contributed by atoms with Crippen LogP contribution in [0, 0.1) is 12.7 Å². The summed E-state index contributed by atoms with van der Waals surface area (Å²) in [7, 11) is -3.75. The first-order chi connectivity index (χ1) is 9.88. The van der Waals surface area contributed by atoms with Gasteiger partial charge in [0, 0.05) is 6.54 Å². The van der Waals surface area contributed by atoms with Crippen molar-refractivity contribution in [2.75, 3.05) is 11.9 Å². The maximum atomic E-state index is 13.0. The van der Waals surface area contributed by atoms with Crippen molar-refractivity contribution < 1.29 is 12.8 Å². The second-order valence-electron chi connectivity index (χ2n) is 4.79. The summed E-state index contributed by atoms with van der Waals surface area (Å²) in [5.74, 6) is -0.260. The molecule has 112 valence electrons. The summed E-state index contributed by atoms with van der Waals surface area (Å²) in [6.45, 7) is 2.37. The molecule has 0 bridgehead atoms. The number of hydrogen-bond acceptors (Lipinski definition) is 3. The zero-order valence-electron chi connectivity index (χ0n) is 11.6. The highest BCUT2D eigenvalue weighted by Gasteiger charge is 2.12. The first-order valence-corrected chi connectivity index (χ1v) is 8.03. The van der Waals surface area contributed by atoms with Crippen LogP contribution in [0.3, 0.4) is 0 Å². The Morgan fingerprint density at radius 1 is 1.19 bits per heavy atom. The standard InChI is InChI=1S/C15H17FN2O2S/c1-11-10-13(16)7-6-12(11)8-9-18-14-4-2-3-5-15(14)21(17,19)20/h2-7,10,18H,8-9H2,1H3,(H2,17,19,20). The maximum Gasteiger partial charge on any atom is 0.240 e. The van der Waals surface area contributed by atoms with Crippen LogP contribution >= 0.6 is 0 Å². The molecule has 3 N–H and O–H groups in total. The Labute approximate surface area is 123 Å². The van der Waals surface area contributed by atoms with Crippen LogP contribution in [0.25, 0.3) is 0 Å². The lowest BCUT2D eigenvalue weighted by molar-refractivity contribution is 0.598. The fraction of sp³-hybridized carbons (Fsp3) is 0.200. The van der Waals surface area contributed by atoms with E-state index in [0.717, 1.165) is 11.1 Å². The highest BCUT2D eigenvalue weighted by Crippen LogP contribution is 2.19. The molecule has 2 aromatic carbocycles. The first kappa shape index (κ1) is 15.5. The molecular weight excluding hydrogens is 291 g/mol. The SMILES string of the molecule is Cc1cc(F)ccc1CCNc1ccccc1S(N)(=O)=O. The Morgan fingerprint density at radius 2 is 1.90 bits per heavy atom. The summed E-state index contributed by atoms with van der Waals surface area (Å²) < 4.78 is 36.0. The van der Waals surface area contributed by atoms with E-state index in [-0.39, 0.29) is 10.7 Å². The lowest BCUT2D eigenvalue weighted by Crippen LogP contribution is -2.16. The zero-order chi connectivity index (χ0) is 15.5. The van der Waals surface area contributed by atoms with Gasteiger partial charge in [-0.1, -0.05) is 18.2 Å². The highest BCUT2D eigenvalue weighted by atomic mass is 32.2. The molecule has 2 aromatic rings. The molecule has 0 saturated carbocycles. The third-order valence-electron chi connectivity index (χ3n) is 3.21. The predicted molar refractivity (Wildman–Crippen MR) is 81.1 cm³/mol. The summed E-state index contributed by atoms with van der Waals surface area (Å²) in [5, 5.41) is 8.23. The summed E-state index contributed by atoms with van der Waals surface area (Å²) in [4.78, 5) is 0.0702. The van der Waals surface area contributed by atoms with Gasteiger partial charge in [0.15, 0.2) is 0 Å². The van der Waals surface area contributed by atoms with E-state index in [1.54, 1.807) is 24.3 Å². The molecule has 0 amide bonds. The van der Waals surface area contributed by atoms with Crippen molar-refractivity contribution in [3.05, 3.63) is 59.4 Å². The fourth-order valence-electron chi connectivity index (χ4n) is 2.13. The molecule has 0 spiro atoms. The van der Waals surface area contributed by atoms with Crippen molar-refractivity contribution in [1.29, 1.82) is 0 Å². The highest BCUT2D eigenvalue weighted by molar-refractivity contribution is 7.89. The minimum atomic E-state index is -3.75. The Kier molecular flexibility index (Phi) is 4.59. The molecule has 0 aliphatic rings. The van der Waals surface area contributed by atoms with Crippen molar-refractivity contribution in [3.63, 3.8) is 0 Å². The van der Waals surface area contributed by atoms with Crippen LogP contribution in [0.5, 0.6) is 0 Å². The van der Waals surface area contributed by atoms with Gasteiger partial charge in [0.05, 0.1) is 5.69 Å². The minimum absolute atomic E-state index is 0.0702. The second kappa shape index (κ2) is 6.24. The van der Waals surface area contributed by atoms with Gasteiger partial charge in [-0.25, -0.2) is 17.9 Å². The van der Waals surface area contributed by atoms with E-state index in [1.807, 2.05) is 6.92 Å². The van der Waals surface area contributed by atoms with Gasteiger partial charge in [-0.2, -0.15) is 0 Å². The predicted octanol–water partition coefficient (Wildman–Crippen LogP) is 2.44. The van der Waals surface area contributed by atoms with E-state index >= 15 is 0 Å². The number of para-hydroxylation sites is 1. The van der Waals surface area contributed by atoms with Crippen molar-refractivity contribution in [3.8, 4) is 0 Å². The molecule has 0 aliphatic carbocycles. The molecule has 0 heterocycles. The Morgan fingerprint density at radius 3 is 2.57 bits per heavy atom. The van der Waals surface area contributed by atoms with Crippen molar-refractivity contribution in [1.82, 2.24) is 0 Å². The number of anilines is 1. The molecular formula is C15H17FN2O2S. The van der Waals surface area contributed by atoms with Crippen LogP contribution in [0.2, 0.25) is 0 Å². The van der Waals surface area contributed by atoms with Gasteiger partial charge < -0.3 is 5.32 Å². The van der Waals surface area contributed by atoms with E-state index in [9.17, 15) is 12.8 Å². The summed E-state index contributed by atoms with van der Waals surface area (Å²) in [5.41, 5.74) is 2.35. The van der Waals surface area contributed by atoms with Gasteiger partial charge in [0.25, 0.3) is 0 Å². The van der Waals surface area contributed by atoms with Crippen LogP contribution < -0.4 is 10.5 Å². The number of primary sulfonamides is 1. The number of sulfonamides is 1. The van der Waals surface area contributed by atoms with Crippen molar-refractivity contribution in [2.45, 2.75) is 18.2 Å². The molecule has 0 fully saturated rings. The smallest absolute Gasteiger partial charge is 0.240 e. The number of nitrogens with one attached hydrogen (secondary N) is 1. The van der Waals surface area contributed by atoms with Gasteiger partial charge in [-0.3, -0.25) is 0 Å². The van der Waals surface area contributed by atoms with Crippen molar-refractivity contribution in [2.24, 2.45) is 5.14 Å². The molecule has 0 aromatic heterocycles. The number of hydrogen-bond donors (Lipinski definition) is 2. The van der Waals surface area contributed by atoms with Crippen LogP contribution in [0.1, 0.15) is 11.1 Å². The van der Waals surface area contributed by atoms with E-state index < -0.39 is 10.0 Å². The average molecular weight is 308 g/mol. The molecule has 0 radical (unpaired) electrons. The van der Waals surface area contributed by atoms with Crippen LogP contribution in [0.15, 0.2) is 47.4 Å². The monoisotopic (exact) mass is 308 g/mol. The Hall–Kier alpha value is -1.92. The largest absolute Gasteiger partial charge is 0.384 e. The third kappa shape index (κ3) is 4.03.